The Morgan fingerprint density at radius 1 is 1.24 bits per heavy atom. The maximum Gasteiger partial charge on any atom is 0.244 e. The average Bonchev–Trinajstić information content (AvgIpc) is 2.37. The van der Waals surface area contributed by atoms with E-state index in [9.17, 15) is 8.42 Å². The summed E-state index contributed by atoms with van der Waals surface area (Å²) in [7, 11) is -3.88. The van der Waals surface area contributed by atoms with Crippen LogP contribution in [0.2, 0.25) is 10.0 Å². The number of hydrogen-bond acceptors (Lipinski definition) is 3. The van der Waals surface area contributed by atoms with E-state index in [1.165, 1.54) is 12.1 Å². The van der Waals surface area contributed by atoms with Crippen LogP contribution in [0.25, 0.3) is 0 Å². The molecule has 0 radical (unpaired) electrons. The highest BCUT2D eigenvalue weighted by atomic mass is 79.9. The highest BCUT2D eigenvalue weighted by molar-refractivity contribution is 9.10. The fourth-order valence-corrected chi connectivity index (χ4v) is 5.96. The number of ether oxygens (including phenoxy) is 1. The Bertz CT molecular complexity index is 610. The summed E-state index contributed by atoms with van der Waals surface area (Å²) in [5, 5.41) is 0.109. The molecule has 0 saturated carbocycles. The molecule has 21 heavy (non-hydrogen) atoms. The Labute approximate surface area is 147 Å². The zero-order chi connectivity index (χ0) is 15.7. The number of hydrogen-bond donors (Lipinski definition) is 1. The first-order valence-electron chi connectivity index (χ1n) is 6.12. The van der Waals surface area contributed by atoms with E-state index in [1.807, 2.05) is 0 Å². The summed E-state index contributed by atoms with van der Waals surface area (Å²) in [5.74, 6) is 0.154. The van der Waals surface area contributed by atoms with Crippen LogP contribution >= 0.6 is 50.7 Å². The molecule has 1 heterocycles. The van der Waals surface area contributed by atoms with Gasteiger partial charge < -0.3 is 4.74 Å². The second kappa shape index (κ2) is 6.91. The van der Waals surface area contributed by atoms with E-state index in [4.69, 9.17) is 39.5 Å². The zero-order valence-corrected chi connectivity index (χ0v) is 15.5. The fraction of sp³-hybridized carbons (Fsp3) is 0.500. The third-order valence-corrected chi connectivity index (χ3v) is 6.76. The number of alkyl halides is 1. The van der Waals surface area contributed by atoms with E-state index >= 15 is 0 Å². The Morgan fingerprint density at radius 3 is 2.24 bits per heavy atom. The Balaban J connectivity index is 2.38. The number of rotatable bonds is 4. The van der Waals surface area contributed by atoms with Crippen molar-refractivity contribution < 1.29 is 13.2 Å². The van der Waals surface area contributed by atoms with Crippen LogP contribution in [0.4, 0.5) is 0 Å². The third-order valence-electron chi connectivity index (χ3n) is 3.29. The molecule has 0 atom stereocenters. The molecule has 9 heteroatoms. The molecule has 0 aromatic heterocycles. The minimum Gasteiger partial charge on any atom is -0.381 e. The summed E-state index contributed by atoms with van der Waals surface area (Å²) in [6, 6.07) is 2.97. The van der Waals surface area contributed by atoms with Gasteiger partial charge in [-0.05, 0) is 25.0 Å². The van der Waals surface area contributed by atoms with Gasteiger partial charge in [0.2, 0.25) is 10.0 Å². The maximum absolute atomic E-state index is 12.6. The molecule has 0 spiro atoms. The van der Waals surface area contributed by atoms with Gasteiger partial charge in [0.15, 0.2) is 0 Å². The standard InChI is InChI=1S/C12H13BrCl3NO3S/c13-8-5-9(15)11(10(16)6-8)21(18,19)17-12(7-14)1-3-20-4-2-12/h5-6,17H,1-4,7H2. The van der Waals surface area contributed by atoms with E-state index in [0.29, 0.717) is 30.5 Å². The Hall–Kier alpha value is 0.440. The van der Waals surface area contributed by atoms with E-state index in [0.717, 1.165) is 0 Å². The molecule has 1 aromatic rings. The van der Waals surface area contributed by atoms with Crippen LogP contribution in [0.3, 0.4) is 0 Å². The van der Waals surface area contributed by atoms with Gasteiger partial charge in [-0.1, -0.05) is 39.1 Å². The maximum atomic E-state index is 12.6. The lowest BCUT2D eigenvalue weighted by Gasteiger charge is -2.36. The molecule has 0 unspecified atom stereocenters. The van der Waals surface area contributed by atoms with E-state index in [-0.39, 0.29) is 20.8 Å². The largest absolute Gasteiger partial charge is 0.381 e. The van der Waals surface area contributed by atoms with Crippen LogP contribution in [-0.2, 0) is 14.8 Å². The van der Waals surface area contributed by atoms with Crippen LogP contribution in [0.15, 0.2) is 21.5 Å². The Morgan fingerprint density at radius 2 is 1.76 bits per heavy atom. The first kappa shape index (κ1) is 17.8. The zero-order valence-electron chi connectivity index (χ0n) is 10.8. The minimum absolute atomic E-state index is 0.0543. The van der Waals surface area contributed by atoms with Gasteiger partial charge in [-0.15, -0.1) is 11.6 Å². The molecule has 1 aliphatic heterocycles. The van der Waals surface area contributed by atoms with Gasteiger partial charge in [-0.3, -0.25) is 0 Å². The lowest BCUT2D eigenvalue weighted by molar-refractivity contribution is 0.0549. The molecule has 1 aliphatic rings. The van der Waals surface area contributed by atoms with Crippen LogP contribution in [0.1, 0.15) is 12.8 Å². The van der Waals surface area contributed by atoms with E-state index in [1.54, 1.807) is 0 Å². The van der Waals surface area contributed by atoms with Crippen molar-refractivity contribution in [2.24, 2.45) is 0 Å². The molecule has 1 N–H and O–H groups in total. The second-order valence-corrected chi connectivity index (χ2v) is 8.45. The first-order chi connectivity index (χ1) is 9.80. The van der Waals surface area contributed by atoms with Crippen molar-refractivity contribution in [3.8, 4) is 0 Å². The predicted molar refractivity (Wildman–Crippen MR) is 88.0 cm³/mol. The van der Waals surface area contributed by atoms with Crippen molar-refractivity contribution in [2.45, 2.75) is 23.3 Å². The van der Waals surface area contributed by atoms with E-state index in [2.05, 4.69) is 20.7 Å². The van der Waals surface area contributed by atoms with Gasteiger partial charge >= 0.3 is 0 Å². The minimum atomic E-state index is -3.88. The van der Waals surface area contributed by atoms with Gasteiger partial charge in [0.05, 0.1) is 15.6 Å². The Kier molecular flexibility index (Phi) is 5.85. The summed E-state index contributed by atoms with van der Waals surface area (Å²) < 4.78 is 33.8. The summed E-state index contributed by atoms with van der Waals surface area (Å²) in [4.78, 5) is -0.134. The molecule has 1 saturated heterocycles. The quantitative estimate of drug-likeness (QED) is 0.729. The summed E-state index contributed by atoms with van der Waals surface area (Å²) >= 11 is 21.3. The SMILES string of the molecule is O=S(=O)(NC1(CCl)CCOCC1)c1c(Cl)cc(Br)cc1Cl. The molecule has 0 aliphatic carbocycles. The van der Waals surface area contributed by atoms with Crippen molar-refractivity contribution >= 4 is 60.8 Å². The number of nitrogens with one attached hydrogen (secondary N) is 1. The molecule has 1 aromatic carbocycles. The third kappa shape index (κ3) is 4.05. The molecule has 0 amide bonds. The monoisotopic (exact) mass is 435 g/mol. The average molecular weight is 438 g/mol. The van der Waals surface area contributed by atoms with Crippen molar-refractivity contribution in [3.63, 3.8) is 0 Å². The topological polar surface area (TPSA) is 55.4 Å². The molecule has 1 fully saturated rings. The number of benzene rings is 1. The number of sulfonamides is 1. The van der Waals surface area contributed by atoms with Crippen molar-refractivity contribution in [1.82, 2.24) is 4.72 Å². The lowest BCUT2D eigenvalue weighted by atomic mass is 9.94. The highest BCUT2D eigenvalue weighted by Gasteiger charge is 2.37. The molecule has 4 nitrogen and oxygen atoms in total. The van der Waals surface area contributed by atoms with Crippen molar-refractivity contribution in [2.75, 3.05) is 19.1 Å². The molecular formula is C12H13BrCl3NO3S. The van der Waals surface area contributed by atoms with Gasteiger partial charge in [-0.2, -0.15) is 0 Å². The molecule has 2 rings (SSSR count). The van der Waals surface area contributed by atoms with Gasteiger partial charge in [-0.25, -0.2) is 13.1 Å². The highest BCUT2D eigenvalue weighted by Crippen LogP contribution is 2.34. The normalized spacial score (nSPS) is 18.7. The smallest absolute Gasteiger partial charge is 0.244 e. The van der Waals surface area contributed by atoms with Crippen LogP contribution in [-0.4, -0.2) is 33.1 Å². The van der Waals surface area contributed by atoms with Crippen LogP contribution in [0.5, 0.6) is 0 Å². The second-order valence-electron chi connectivity index (χ2n) is 4.83. The summed E-state index contributed by atoms with van der Waals surface area (Å²) in [6.07, 6.45) is 1.00. The predicted octanol–water partition coefficient (Wildman–Crippen LogP) is 3.82. The van der Waals surface area contributed by atoms with Crippen molar-refractivity contribution in [3.05, 3.63) is 26.7 Å². The first-order valence-corrected chi connectivity index (χ1v) is 9.69. The lowest BCUT2D eigenvalue weighted by Crippen LogP contribution is -2.53. The van der Waals surface area contributed by atoms with Gasteiger partial charge in [0, 0.05) is 23.6 Å². The molecule has 118 valence electrons. The van der Waals surface area contributed by atoms with Crippen LogP contribution in [0, 0.1) is 0 Å². The molecular weight excluding hydrogens is 424 g/mol. The van der Waals surface area contributed by atoms with Crippen LogP contribution < -0.4 is 4.72 Å². The van der Waals surface area contributed by atoms with Gasteiger partial charge in [0.1, 0.15) is 4.90 Å². The van der Waals surface area contributed by atoms with Crippen molar-refractivity contribution in [1.29, 1.82) is 0 Å². The number of halogens is 4. The van der Waals surface area contributed by atoms with Gasteiger partial charge in [0.25, 0.3) is 0 Å². The summed E-state index contributed by atoms with van der Waals surface area (Å²) in [5.41, 5.74) is -0.738. The fourth-order valence-electron chi connectivity index (χ4n) is 2.15. The van der Waals surface area contributed by atoms with E-state index < -0.39 is 15.6 Å². The molecule has 0 bridgehead atoms. The summed E-state index contributed by atoms with van der Waals surface area (Å²) in [6.45, 7) is 0.911.